The summed E-state index contributed by atoms with van der Waals surface area (Å²) >= 11 is 6.39. The Morgan fingerprint density at radius 1 is 1.00 bits per heavy atom. The van der Waals surface area contributed by atoms with Crippen LogP contribution in [0.4, 0.5) is 0 Å². The van der Waals surface area contributed by atoms with Crippen LogP contribution in [0.15, 0.2) is 54.6 Å². The van der Waals surface area contributed by atoms with Crippen molar-refractivity contribution in [1.82, 2.24) is 4.90 Å². The maximum atomic E-state index is 13.1. The molecule has 2 aromatic carbocycles. The molecular weight excluding hydrogens is 362 g/mol. The van der Waals surface area contributed by atoms with E-state index in [0.717, 1.165) is 5.56 Å². The number of ketones is 2. The van der Waals surface area contributed by atoms with Crippen LogP contribution in [0.3, 0.4) is 0 Å². The van der Waals surface area contributed by atoms with E-state index >= 15 is 0 Å². The molecule has 0 spiro atoms. The van der Waals surface area contributed by atoms with Crippen LogP contribution < -0.4 is 0 Å². The number of benzene rings is 2. The van der Waals surface area contributed by atoms with Crippen LogP contribution in [0.1, 0.15) is 37.9 Å². The van der Waals surface area contributed by atoms with Crippen LogP contribution in [0.2, 0.25) is 5.02 Å². The fourth-order valence-corrected chi connectivity index (χ4v) is 3.71. The summed E-state index contributed by atoms with van der Waals surface area (Å²) in [5.74, 6) is -2.59. The molecule has 5 heteroatoms. The lowest BCUT2D eigenvalue weighted by atomic mass is 9.77. The van der Waals surface area contributed by atoms with Crippen LogP contribution in [0.25, 0.3) is 0 Å². The van der Waals surface area contributed by atoms with E-state index in [1.807, 2.05) is 30.3 Å². The van der Waals surface area contributed by atoms with Crippen molar-refractivity contribution in [2.75, 3.05) is 0 Å². The van der Waals surface area contributed by atoms with Gasteiger partial charge >= 0.3 is 0 Å². The van der Waals surface area contributed by atoms with Gasteiger partial charge in [0.05, 0.1) is 6.04 Å². The Hall–Kier alpha value is -2.46. The van der Waals surface area contributed by atoms with Gasteiger partial charge in [0.1, 0.15) is 5.92 Å². The zero-order valence-corrected chi connectivity index (χ0v) is 16.4. The predicted molar refractivity (Wildman–Crippen MR) is 104 cm³/mol. The number of Topliss-reactive ketones (excluding diaryl/α,β-unsaturated/α-hetero) is 2. The normalized spacial score (nSPS) is 20.2. The van der Waals surface area contributed by atoms with Crippen LogP contribution in [0, 0.1) is 11.3 Å². The molecule has 140 valence electrons. The molecule has 0 saturated carbocycles. The van der Waals surface area contributed by atoms with Gasteiger partial charge in [0.15, 0.2) is 5.78 Å². The number of likely N-dealkylation sites (tertiary alicyclic amines) is 1. The summed E-state index contributed by atoms with van der Waals surface area (Å²) in [7, 11) is 0. The molecule has 1 aliphatic heterocycles. The first-order valence-corrected chi connectivity index (χ1v) is 9.27. The minimum Gasteiger partial charge on any atom is -0.323 e. The number of rotatable bonds is 4. The molecule has 4 nitrogen and oxygen atoms in total. The van der Waals surface area contributed by atoms with Crippen molar-refractivity contribution in [1.29, 1.82) is 0 Å². The van der Waals surface area contributed by atoms with E-state index in [1.165, 1.54) is 4.90 Å². The van der Waals surface area contributed by atoms with Gasteiger partial charge in [-0.05, 0) is 17.2 Å². The fourth-order valence-electron chi connectivity index (χ4n) is 3.47. The van der Waals surface area contributed by atoms with Gasteiger partial charge in [-0.25, -0.2) is 0 Å². The summed E-state index contributed by atoms with van der Waals surface area (Å²) in [6.07, 6.45) is 0. The highest BCUT2D eigenvalue weighted by Crippen LogP contribution is 2.43. The van der Waals surface area contributed by atoms with E-state index in [1.54, 1.807) is 45.0 Å². The average Bonchev–Trinajstić information content (AvgIpc) is 2.86. The van der Waals surface area contributed by atoms with Crippen molar-refractivity contribution in [3.8, 4) is 0 Å². The molecule has 1 fully saturated rings. The maximum Gasteiger partial charge on any atom is 0.291 e. The molecule has 3 rings (SSSR count). The van der Waals surface area contributed by atoms with E-state index < -0.39 is 29.1 Å². The summed E-state index contributed by atoms with van der Waals surface area (Å²) in [4.78, 5) is 40.2. The zero-order chi connectivity index (χ0) is 19.8. The maximum absolute atomic E-state index is 13.1. The van der Waals surface area contributed by atoms with Crippen LogP contribution in [-0.2, 0) is 20.9 Å². The first-order valence-electron chi connectivity index (χ1n) is 8.89. The molecule has 1 amide bonds. The van der Waals surface area contributed by atoms with Gasteiger partial charge in [-0.3, -0.25) is 14.4 Å². The fraction of sp³-hybridized carbons (Fsp3) is 0.318. The highest BCUT2D eigenvalue weighted by molar-refractivity contribution is 6.43. The minimum atomic E-state index is -1.05. The van der Waals surface area contributed by atoms with E-state index in [4.69, 9.17) is 11.6 Å². The number of carbonyl (C=O) groups is 3. The summed E-state index contributed by atoms with van der Waals surface area (Å²) in [6.45, 7) is 5.53. The molecule has 1 heterocycles. The lowest BCUT2D eigenvalue weighted by Crippen LogP contribution is -2.35. The lowest BCUT2D eigenvalue weighted by molar-refractivity contribution is -0.143. The smallest absolute Gasteiger partial charge is 0.291 e. The van der Waals surface area contributed by atoms with E-state index in [9.17, 15) is 14.4 Å². The summed E-state index contributed by atoms with van der Waals surface area (Å²) < 4.78 is 0. The standard InChI is InChI=1S/C22H22ClNO3/c1-22(2,3)20(26)17-18(15-11-7-8-12-16(15)23)24(21(27)19(17)25)13-14-9-5-4-6-10-14/h4-12,17-18H,13H2,1-3H3. The monoisotopic (exact) mass is 383 g/mol. The molecule has 2 aromatic rings. The second kappa shape index (κ2) is 7.28. The van der Waals surface area contributed by atoms with Crippen molar-refractivity contribution >= 4 is 29.1 Å². The summed E-state index contributed by atoms with van der Waals surface area (Å²) in [5, 5.41) is 0.440. The number of halogens is 1. The van der Waals surface area contributed by atoms with E-state index in [2.05, 4.69) is 0 Å². The van der Waals surface area contributed by atoms with E-state index in [0.29, 0.717) is 10.6 Å². The lowest BCUT2D eigenvalue weighted by Gasteiger charge is -2.30. The molecular formula is C22H22ClNO3. The highest BCUT2D eigenvalue weighted by Gasteiger charge is 2.53. The molecule has 0 aliphatic carbocycles. The number of amides is 1. The van der Waals surface area contributed by atoms with Gasteiger partial charge in [-0.15, -0.1) is 0 Å². The van der Waals surface area contributed by atoms with Crippen molar-refractivity contribution < 1.29 is 14.4 Å². The quantitative estimate of drug-likeness (QED) is 0.586. The van der Waals surface area contributed by atoms with Gasteiger partial charge in [0.25, 0.3) is 5.91 Å². The zero-order valence-electron chi connectivity index (χ0n) is 15.6. The summed E-state index contributed by atoms with van der Waals surface area (Å²) in [6, 6.07) is 15.8. The third-order valence-electron chi connectivity index (χ3n) is 4.85. The van der Waals surface area contributed by atoms with Gasteiger partial charge in [-0.2, -0.15) is 0 Å². The number of hydrogen-bond acceptors (Lipinski definition) is 3. The Kier molecular flexibility index (Phi) is 5.20. The molecule has 1 aliphatic rings. The third-order valence-corrected chi connectivity index (χ3v) is 5.19. The van der Waals surface area contributed by atoms with Gasteiger partial charge < -0.3 is 4.90 Å². The number of carbonyl (C=O) groups excluding carboxylic acids is 3. The van der Waals surface area contributed by atoms with Crippen molar-refractivity contribution in [2.45, 2.75) is 33.4 Å². The van der Waals surface area contributed by atoms with Gasteiger partial charge in [0.2, 0.25) is 5.78 Å². The first kappa shape index (κ1) is 19.3. The summed E-state index contributed by atoms with van der Waals surface area (Å²) in [5.41, 5.74) is 0.763. The highest BCUT2D eigenvalue weighted by atomic mass is 35.5. The largest absolute Gasteiger partial charge is 0.323 e. The topological polar surface area (TPSA) is 54.5 Å². The predicted octanol–water partition coefficient (Wildman–Crippen LogP) is 4.22. The molecule has 1 saturated heterocycles. The van der Waals surface area contributed by atoms with Gasteiger partial charge in [0, 0.05) is 17.0 Å². The molecule has 0 radical (unpaired) electrons. The van der Waals surface area contributed by atoms with Gasteiger partial charge in [-0.1, -0.05) is 80.9 Å². The van der Waals surface area contributed by atoms with Crippen LogP contribution in [0.5, 0.6) is 0 Å². The molecule has 0 N–H and O–H groups in total. The Morgan fingerprint density at radius 3 is 2.19 bits per heavy atom. The Balaban J connectivity index is 2.11. The molecule has 0 aromatic heterocycles. The second-order valence-electron chi connectivity index (χ2n) is 7.84. The Bertz CT molecular complexity index is 886. The minimum absolute atomic E-state index is 0.245. The molecule has 2 unspecified atom stereocenters. The Labute approximate surface area is 164 Å². The van der Waals surface area contributed by atoms with Crippen LogP contribution in [-0.4, -0.2) is 22.4 Å². The SMILES string of the molecule is CC(C)(C)C(=O)C1C(=O)C(=O)N(Cc2ccccc2)C1c1ccccc1Cl. The third kappa shape index (κ3) is 3.67. The number of nitrogens with zero attached hydrogens (tertiary/aromatic N) is 1. The van der Waals surface area contributed by atoms with Crippen molar-refractivity contribution in [2.24, 2.45) is 11.3 Å². The Morgan fingerprint density at radius 2 is 1.59 bits per heavy atom. The first-order chi connectivity index (χ1) is 12.7. The molecule has 2 atom stereocenters. The average molecular weight is 384 g/mol. The second-order valence-corrected chi connectivity index (χ2v) is 8.25. The number of hydrogen-bond donors (Lipinski definition) is 0. The van der Waals surface area contributed by atoms with Crippen LogP contribution >= 0.6 is 11.6 Å². The van der Waals surface area contributed by atoms with E-state index in [-0.39, 0.29) is 12.3 Å². The van der Waals surface area contributed by atoms with Crippen molar-refractivity contribution in [3.63, 3.8) is 0 Å². The van der Waals surface area contributed by atoms with Crippen molar-refractivity contribution in [3.05, 3.63) is 70.7 Å². The molecule has 0 bridgehead atoms. The molecule has 27 heavy (non-hydrogen) atoms.